The second-order valence-corrected chi connectivity index (χ2v) is 7.87. The number of alkyl halides is 1. The number of halogens is 1. The first-order valence-corrected chi connectivity index (χ1v) is 9.76. The van der Waals surface area contributed by atoms with E-state index in [4.69, 9.17) is 11.6 Å². The summed E-state index contributed by atoms with van der Waals surface area (Å²) < 4.78 is 0. The van der Waals surface area contributed by atoms with Crippen molar-refractivity contribution in [1.29, 1.82) is 0 Å². The molecule has 2 N–H and O–H groups in total. The zero-order valence-corrected chi connectivity index (χ0v) is 16.9. The molecule has 0 aromatic heterocycles. The van der Waals surface area contributed by atoms with E-state index in [0.29, 0.717) is 19.6 Å². The molecular weight excluding hydrogens is 366 g/mol. The quantitative estimate of drug-likeness (QED) is 0.524. The molecule has 6 nitrogen and oxygen atoms in total. The van der Waals surface area contributed by atoms with Crippen LogP contribution in [0.1, 0.15) is 38.8 Å². The van der Waals surface area contributed by atoms with Crippen LogP contribution in [0.25, 0.3) is 0 Å². The van der Waals surface area contributed by atoms with Crippen LogP contribution in [-0.4, -0.2) is 48.1 Å². The minimum Gasteiger partial charge on any atom is -0.354 e. The highest BCUT2D eigenvalue weighted by atomic mass is 35.5. The molecule has 1 heterocycles. The Labute approximate surface area is 165 Å². The zero-order chi connectivity index (χ0) is 20.0. The molecule has 2 unspecified atom stereocenters. The third kappa shape index (κ3) is 5.45. The van der Waals surface area contributed by atoms with Crippen LogP contribution >= 0.6 is 11.6 Å². The van der Waals surface area contributed by atoms with Gasteiger partial charge in [-0.15, -0.1) is 11.6 Å². The van der Waals surface area contributed by atoms with Gasteiger partial charge >= 0.3 is 0 Å². The molecule has 1 aromatic carbocycles. The Balaban J connectivity index is 1.79. The van der Waals surface area contributed by atoms with Crippen LogP contribution in [0.2, 0.25) is 0 Å². The zero-order valence-electron chi connectivity index (χ0n) is 16.1. The molecule has 148 valence electrons. The Bertz CT molecular complexity index is 678. The molecule has 1 saturated heterocycles. The van der Waals surface area contributed by atoms with Gasteiger partial charge in [0.25, 0.3) is 0 Å². The summed E-state index contributed by atoms with van der Waals surface area (Å²) in [6, 6.07) is 9.72. The predicted molar refractivity (Wildman–Crippen MR) is 105 cm³/mol. The number of benzene rings is 1. The predicted octanol–water partition coefficient (Wildman–Crippen LogP) is 2.09. The molecule has 3 amide bonds. The second kappa shape index (κ2) is 9.22. The van der Waals surface area contributed by atoms with Crippen LogP contribution in [0.15, 0.2) is 30.3 Å². The normalized spacial score (nSPS) is 18.3. The van der Waals surface area contributed by atoms with E-state index >= 15 is 0 Å². The molecule has 0 bridgehead atoms. The number of carbonyl (C=O) groups is 3. The topological polar surface area (TPSA) is 78.5 Å². The van der Waals surface area contributed by atoms with Crippen molar-refractivity contribution in [2.45, 2.75) is 33.2 Å². The molecule has 1 aliphatic heterocycles. The Morgan fingerprint density at radius 3 is 2.48 bits per heavy atom. The lowest BCUT2D eigenvalue weighted by Gasteiger charge is -2.25. The largest absolute Gasteiger partial charge is 0.354 e. The fraction of sp³-hybridized carbons (Fsp3) is 0.550. The van der Waals surface area contributed by atoms with E-state index in [1.54, 1.807) is 18.7 Å². The van der Waals surface area contributed by atoms with Gasteiger partial charge in [0, 0.05) is 31.9 Å². The van der Waals surface area contributed by atoms with Crippen LogP contribution in [0, 0.1) is 11.3 Å². The molecule has 1 fully saturated rings. The number of carbonyl (C=O) groups excluding carboxylic acids is 3. The molecule has 1 aliphatic rings. The average Bonchev–Trinajstić information content (AvgIpc) is 3.06. The van der Waals surface area contributed by atoms with Gasteiger partial charge in [-0.25, -0.2) is 0 Å². The van der Waals surface area contributed by atoms with E-state index in [1.807, 2.05) is 37.3 Å². The van der Waals surface area contributed by atoms with Gasteiger partial charge < -0.3 is 15.5 Å². The molecule has 2 atom stereocenters. The van der Waals surface area contributed by atoms with Gasteiger partial charge in [0.05, 0.1) is 17.4 Å². The number of likely N-dealkylation sites (tertiary alicyclic amines) is 1. The van der Waals surface area contributed by atoms with Crippen LogP contribution in [0.4, 0.5) is 0 Å². The van der Waals surface area contributed by atoms with E-state index in [2.05, 4.69) is 10.6 Å². The highest BCUT2D eigenvalue weighted by molar-refractivity contribution is 6.19. The molecular formula is C20H28ClN3O3. The summed E-state index contributed by atoms with van der Waals surface area (Å²) in [5, 5.41) is 5.57. The smallest absolute Gasteiger partial charge is 0.226 e. The van der Waals surface area contributed by atoms with Gasteiger partial charge in [-0.1, -0.05) is 30.3 Å². The van der Waals surface area contributed by atoms with Gasteiger partial charge in [0.2, 0.25) is 17.7 Å². The van der Waals surface area contributed by atoms with Crippen LogP contribution in [-0.2, 0) is 14.4 Å². The molecule has 2 rings (SSSR count). The first-order valence-electron chi connectivity index (χ1n) is 9.22. The van der Waals surface area contributed by atoms with Crippen molar-refractivity contribution >= 4 is 29.3 Å². The summed E-state index contributed by atoms with van der Waals surface area (Å²) in [5.74, 6) is -0.449. The summed E-state index contributed by atoms with van der Waals surface area (Å²) >= 11 is 5.77. The highest BCUT2D eigenvalue weighted by Crippen LogP contribution is 2.28. The Hall–Kier alpha value is -2.08. The number of hydrogen-bond acceptors (Lipinski definition) is 3. The van der Waals surface area contributed by atoms with E-state index in [0.717, 1.165) is 5.56 Å². The SMILES string of the molecule is CC(c1ccccc1)N1CC(C(=O)NCCNC(=O)C(C)(C)CCl)CC1=O. The van der Waals surface area contributed by atoms with E-state index in [9.17, 15) is 14.4 Å². The Morgan fingerprint density at radius 2 is 1.85 bits per heavy atom. The summed E-state index contributed by atoms with van der Waals surface area (Å²) in [6.07, 6.45) is 0.217. The van der Waals surface area contributed by atoms with Crippen molar-refractivity contribution in [1.82, 2.24) is 15.5 Å². The number of rotatable bonds is 8. The highest BCUT2D eigenvalue weighted by Gasteiger charge is 2.36. The summed E-state index contributed by atoms with van der Waals surface area (Å²) in [6.45, 7) is 6.56. The lowest BCUT2D eigenvalue weighted by atomic mass is 9.95. The van der Waals surface area contributed by atoms with Gasteiger partial charge in [-0.2, -0.15) is 0 Å². The number of nitrogens with zero attached hydrogens (tertiary/aromatic N) is 1. The first kappa shape index (κ1) is 21.2. The monoisotopic (exact) mass is 393 g/mol. The maximum atomic E-state index is 12.4. The van der Waals surface area contributed by atoms with Gasteiger partial charge in [-0.05, 0) is 26.3 Å². The van der Waals surface area contributed by atoms with Gasteiger partial charge in [-0.3, -0.25) is 14.4 Å². The molecule has 0 spiro atoms. The Morgan fingerprint density at radius 1 is 1.22 bits per heavy atom. The summed E-state index contributed by atoms with van der Waals surface area (Å²) in [5.41, 5.74) is 0.411. The van der Waals surface area contributed by atoms with E-state index < -0.39 is 5.41 Å². The van der Waals surface area contributed by atoms with Gasteiger partial charge in [0.1, 0.15) is 0 Å². The van der Waals surface area contributed by atoms with E-state index in [1.165, 1.54) is 0 Å². The minimum atomic E-state index is -0.641. The van der Waals surface area contributed by atoms with Crippen molar-refractivity contribution < 1.29 is 14.4 Å². The fourth-order valence-corrected chi connectivity index (χ4v) is 3.12. The van der Waals surface area contributed by atoms with Crippen molar-refractivity contribution in [2.24, 2.45) is 11.3 Å². The third-order valence-corrected chi connectivity index (χ3v) is 5.61. The third-order valence-electron chi connectivity index (χ3n) is 4.94. The number of nitrogens with one attached hydrogen (secondary N) is 2. The molecule has 0 radical (unpaired) electrons. The first-order chi connectivity index (χ1) is 12.8. The molecule has 1 aromatic rings. The second-order valence-electron chi connectivity index (χ2n) is 7.60. The molecule has 0 aliphatic carbocycles. The maximum Gasteiger partial charge on any atom is 0.226 e. The number of amides is 3. The summed E-state index contributed by atoms with van der Waals surface area (Å²) in [7, 11) is 0. The van der Waals surface area contributed by atoms with Crippen molar-refractivity contribution in [3.63, 3.8) is 0 Å². The lowest BCUT2D eigenvalue weighted by Crippen LogP contribution is -2.43. The molecule has 27 heavy (non-hydrogen) atoms. The maximum absolute atomic E-state index is 12.4. The molecule has 0 saturated carbocycles. The molecule has 7 heteroatoms. The van der Waals surface area contributed by atoms with Crippen molar-refractivity contribution in [3.05, 3.63) is 35.9 Å². The fourth-order valence-electron chi connectivity index (χ4n) is 3.00. The summed E-state index contributed by atoms with van der Waals surface area (Å²) in [4.78, 5) is 38.4. The van der Waals surface area contributed by atoms with Crippen LogP contribution in [0.3, 0.4) is 0 Å². The van der Waals surface area contributed by atoms with Crippen molar-refractivity contribution in [3.8, 4) is 0 Å². The van der Waals surface area contributed by atoms with E-state index in [-0.39, 0.29) is 42.0 Å². The minimum absolute atomic E-state index is 0.0105. The lowest BCUT2D eigenvalue weighted by molar-refractivity contribution is -0.130. The van der Waals surface area contributed by atoms with Crippen LogP contribution < -0.4 is 10.6 Å². The van der Waals surface area contributed by atoms with Crippen molar-refractivity contribution in [2.75, 3.05) is 25.5 Å². The van der Waals surface area contributed by atoms with Crippen LogP contribution in [0.5, 0.6) is 0 Å². The van der Waals surface area contributed by atoms with Gasteiger partial charge in [0.15, 0.2) is 0 Å². The Kier molecular flexibility index (Phi) is 7.25. The standard InChI is InChI=1S/C20H28ClN3O3/c1-14(15-7-5-4-6-8-15)24-12-16(11-17(24)25)18(26)22-9-10-23-19(27)20(2,3)13-21/h4-8,14,16H,9-13H2,1-3H3,(H,22,26)(H,23,27). The average molecular weight is 394 g/mol. The number of hydrogen-bond donors (Lipinski definition) is 2.